The number of nitrogens with zero attached hydrogens (tertiary/aromatic N) is 1. The van der Waals surface area contributed by atoms with Crippen LogP contribution in [0.25, 0.3) is 43.3 Å². The molecule has 0 aliphatic rings. The van der Waals surface area contributed by atoms with Crippen molar-refractivity contribution >= 4 is 49.1 Å². The molecule has 4 nitrogen and oxygen atoms in total. The van der Waals surface area contributed by atoms with E-state index in [1.807, 2.05) is 66.7 Å². The number of hydrogen-bond acceptors (Lipinski definition) is 5. The number of aliphatic hydroxyl groups is 1. The fraction of sp³-hybridized carbons (Fsp3) is 0.405. The molecule has 0 aliphatic carbocycles. The van der Waals surface area contributed by atoms with Crippen LogP contribution >= 0.6 is 11.3 Å². The van der Waals surface area contributed by atoms with Gasteiger partial charge in [0, 0.05) is 62.4 Å². The number of fused-ring (bicyclic) bond motifs is 5. The third-order valence-corrected chi connectivity index (χ3v) is 8.53. The van der Waals surface area contributed by atoms with Gasteiger partial charge in [-0.05, 0) is 66.7 Å². The van der Waals surface area contributed by atoms with Gasteiger partial charge in [-0.2, -0.15) is 0 Å². The molecular formula is C37H44IrNO3S-. The maximum atomic E-state index is 11.7. The van der Waals surface area contributed by atoms with Crippen molar-refractivity contribution in [1.29, 1.82) is 0 Å². The van der Waals surface area contributed by atoms with Crippen LogP contribution in [0.5, 0.6) is 0 Å². The normalized spacial score (nSPS) is 13.2. The Morgan fingerprint density at radius 1 is 1.00 bits per heavy atom. The van der Waals surface area contributed by atoms with E-state index in [0.717, 1.165) is 58.6 Å². The number of rotatable bonds is 9. The van der Waals surface area contributed by atoms with Gasteiger partial charge in [0.05, 0.1) is 11.3 Å². The summed E-state index contributed by atoms with van der Waals surface area (Å²) in [5.41, 5.74) is 3.11. The van der Waals surface area contributed by atoms with Gasteiger partial charge in [-0.3, -0.25) is 4.79 Å². The van der Waals surface area contributed by atoms with E-state index in [-0.39, 0.29) is 43.5 Å². The minimum absolute atomic E-state index is 0. The van der Waals surface area contributed by atoms with Gasteiger partial charge in [0.15, 0.2) is 5.78 Å². The maximum Gasteiger partial charge on any atom is 0.162 e. The molecule has 231 valence electrons. The molecule has 43 heavy (non-hydrogen) atoms. The predicted molar refractivity (Wildman–Crippen MR) is 178 cm³/mol. The summed E-state index contributed by atoms with van der Waals surface area (Å²) in [7, 11) is 0. The Morgan fingerprint density at radius 2 is 1.67 bits per heavy atom. The summed E-state index contributed by atoms with van der Waals surface area (Å²) in [6.07, 6.45) is 5.08. The van der Waals surface area contributed by atoms with Crippen molar-refractivity contribution in [2.45, 2.75) is 80.5 Å². The molecule has 0 saturated heterocycles. The van der Waals surface area contributed by atoms with Crippen LogP contribution in [0.1, 0.15) is 82.5 Å². The molecule has 5 rings (SSSR count). The van der Waals surface area contributed by atoms with Crippen molar-refractivity contribution in [3.63, 3.8) is 0 Å². The Hall–Kier alpha value is -2.79. The van der Waals surface area contributed by atoms with Crippen molar-refractivity contribution in [2.24, 2.45) is 17.3 Å². The SMILES string of the molecule is CCC(CC)C(=O)/C=C(\O)C(CC)CC.[2H]C([2H])(c1ccnc(-c2[c-]ccc3c2oc2c4ccsc4ccc32)c1)C(C)(C)C.[Ir]. The van der Waals surface area contributed by atoms with Crippen LogP contribution in [0.2, 0.25) is 0 Å². The molecule has 6 heteroatoms. The number of aliphatic hydroxyl groups excluding tert-OH is 1. The number of furan rings is 1. The number of thiophene rings is 1. The fourth-order valence-electron chi connectivity index (χ4n) is 5.29. The first-order chi connectivity index (χ1) is 20.9. The Morgan fingerprint density at radius 3 is 2.33 bits per heavy atom. The van der Waals surface area contributed by atoms with E-state index < -0.39 is 11.8 Å². The standard InChI is InChI=1S/C24H20NOS.C13H24O2.Ir/c1-24(2,3)14-15-9-11-25-20(13-15)18-6-4-5-16-17-7-8-21-19(10-12-27-21)23(17)26-22(16)18;1-5-10(6-2)12(14)9-13(15)11(7-3)8-4;/h4-5,7-13H,14H2,1-3H3;9-11,14H,5-8H2,1-4H3;/q-1;;/b;12-9-;/i14D2;;. The minimum atomic E-state index is -1.49. The first-order valence-corrected chi connectivity index (χ1v) is 15.9. The van der Waals surface area contributed by atoms with Crippen molar-refractivity contribution in [3.8, 4) is 11.3 Å². The number of ketones is 1. The summed E-state index contributed by atoms with van der Waals surface area (Å²) in [6.45, 7) is 13.8. The molecule has 0 saturated carbocycles. The van der Waals surface area contributed by atoms with Crippen molar-refractivity contribution in [3.05, 3.63) is 77.5 Å². The third kappa shape index (κ3) is 8.23. The molecule has 1 N–H and O–H groups in total. The first kappa shape index (κ1) is 31.6. The number of aromatic nitrogens is 1. The molecule has 0 bridgehead atoms. The van der Waals surface area contributed by atoms with Crippen LogP contribution in [-0.2, 0) is 31.3 Å². The van der Waals surface area contributed by atoms with Crippen LogP contribution in [0, 0.1) is 23.3 Å². The van der Waals surface area contributed by atoms with Gasteiger partial charge < -0.3 is 14.5 Å². The van der Waals surface area contributed by atoms with Crippen LogP contribution < -0.4 is 0 Å². The van der Waals surface area contributed by atoms with Crippen molar-refractivity contribution in [1.82, 2.24) is 4.98 Å². The minimum Gasteiger partial charge on any atom is -0.512 e. The van der Waals surface area contributed by atoms with E-state index in [2.05, 4.69) is 34.6 Å². The summed E-state index contributed by atoms with van der Waals surface area (Å²) in [4.78, 5) is 16.2. The summed E-state index contributed by atoms with van der Waals surface area (Å²) in [6, 6.07) is 17.1. The number of pyridine rings is 1. The molecule has 3 aromatic heterocycles. The maximum absolute atomic E-state index is 11.7. The Bertz CT molecular complexity index is 1780. The van der Waals surface area contributed by atoms with Gasteiger partial charge >= 0.3 is 0 Å². The summed E-state index contributed by atoms with van der Waals surface area (Å²) >= 11 is 1.70. The van der Waals surface area contributed by atoms with E-state index in [1.54, 1.807) is 23.6 Å². The summed E-state index contributed by atoms with van der Waals surface area (Å²) in [5.74, 6) is 0.547. The van der Waals surface area contributed by atoms with Crippen LogP contribution in [0.15, 0.2) is 70.3 Å². The topological polar surface area (TPSA) is 63.3 Å². The number of carbonyl (C=O) groups excluding carboxylic acids is 1. The second kappa shape index (κ2) is 15.3. The molecule has 0 unspecified atom stereocenters. The Kier molecular flexibility index (Phi) is 11.2. The predicted octanol–water partition coefficient (Wildman–Crippen LogP) is 11.1. The average molecular weight is 777 g/mol. The smallest absolute Gasteiger partial charge is 0.162 e. The second-order valence-electron chi connectivity index (χ2n) is 11.8. The van der Waals surface area contributed by atoms with Crippen LogP contribution in [0.4, 0.5) is 0 Å². The summed E-state index contributed by atoms with van der Waals surface area (Å²) < 4.78 is 24.8. The Balaban J connectivity index is 0.000000297. The van der Waals surface area contributed by atoms with Crippen LogP contribution in [-0.4, -0.2) is 15.9 Å². The molecule has 0 fully saturated rings. The van der Waals surface area contributed by atoms with Gasteiger partial charge in [-0.15, -0.1) is 29.5 Å². The Labute approximate surface area is 276 Å². The van der Waals surface area contributed by atoms with Crippen LogP contribution in [0.3, 0.4) is 0 Å². The zero-order chi connectivity index (χ0) is 32.2. The van der Waals surface area contributed by atoms with E-state index in [4.69, 9.17) is 7.16 Å². The molecule has 3 heterocycles. The van der Waals surface area contributed by atoms with E-state index >= 15 is 0 Å². The monoisotopic (exact) mass is 777 g/mol. The van der Waals surface area contributed by atoms with Gasteiger partial charge in [-0.1, -0.05) is 77.1 Å². The van der Waals surface area contributed by atoms with Gasteiger partial charge in [0.2, 0.25) is 0 Å². The molecule has 2 aromatic carbocycles. The van der Waals surface area contributed by atoms with Gasteiger partial charge in [0.1, 0.15) is 5.58 Å². The molecule has 1 radical (unpaired) electrons. The average Bonchev–Trinajstić information content (AvgIpc) is 3.63. The molecule has 0 amide bonds. The van der Waals surface area contributed by atoms with E-state index in [0.29, 0.717) is 11.3 Å². The van der Waals surface area contributed by atoms with Crippen molar-refractivity contribution in [2.75, 3.05) is 0 Å². The van der Waals surface area contributed by atoms with E-state index in [9.17, 15) is 9.90 Å². The second-order valence-corrected chi connectivity index (χ2v) is 12.7. The quantitative estimate of drug-likeness (QED) is 0.0920. The van der Waals surface area contributed by atoms with E-state index in [1.165, 1.54) is 10.8 Å². The largest absolute Gasteiger partial charge is 0.512 e. The van der Waals surface area contributed by atoms with Gasteiger partial charge in [0.25, 0.3) is 0 Å². The summed E-state index contributed by atoms with van der Waals surface area (Å²) in [5, 5.41) is 15.0. The first-order valence-electron chi connectivity index (χ1n) is 16.0. The molecule has 5 aromatic rings. The molecule has 0 aliphatic heterocycles. The van der Waals surface area contributed by atoms with Crippen molar-refractivity contribution < 1.29 is 37.2 Å². The fourth-order valence-corrected chi connectivity index (χ4v) is 6.08. The zero-order valence-electron chi connectivity index (χ0n) is 28.2. The number of hydrogen-bond donors (Lipinski definition) is 1. The molecule has 0 spiro atoms. The number of benzene rings is 2. The van der Waals surface area contributed by atoms with Gasteiger partial charge in [-0.25, -0.2) is 0 Å². The molecule has 0 atom stereocenters. The number of allylic oxidation sites excluding steroid dienone is 2. The third-order valence-electron chi connectivity index (χ3n) is 7.65. The zero-order valence-corrected chi connectivity index (χ0v) is 29.4. The number of carbonyl (C=O) groups is 1. The molecular weight excluding hydrogens is 731 g/mol.